The molecule has 0 bridgehead atoms. The molecule has 1 atom stereocenters. The largest absolute Gasteiger partial charge is 0.480 e. The van der Waals surface area contributed by atoms with Crippen LogP contribution in [0.25, 0.3) is 22.9 Å². The molecule has 3 aromatic rings. The van der Waals surface area contributed by atoms with E-state index in [1.807, 2.05) is 31.2 Å². The molecule has 0 spiro atoms. The van der Waals surface area contributed by atoms with Crippen LogP contribution in [0.4, 0.5) is 0 Å². The normalized spacial score (nSPS) is 16.6. The van der Waals surface area contributed by atoms with E-state index < -0.39 is 12.0 Å². The zero-order chi connectivity index (χ0) is 20.4. The number of aryl methyl sites for hydroxylation is 1. The lowest BCUT2D eigenvalue weighted by molar-refractivity contribution is -0.147. The average Bonchev–Trinajstić information content (AvgIpc) is 3.24. The SMILES string of the molecule is Cc1ccc(-c2nnc(-c3ccc(C(=O)N4CCOC[C@H]4C(=O)O)cc3)o2)cc1. The van der Waals surface area contributed by atoms with Crippen molar-refractivity contribution in [3.05, 3.63) is 59.7 Å². The van der Waals surface area contributed by atoms with Crippen LogP contribution in [-0.4, -0.2) is 57.9 Å². The molecular formula is C21H19N3O5. The number of carboxylic acids is 1. The Labute approximate surface area is 166 Å². The van der Waals surface area contributed by atoms with Gasteiger partial charge in [0, 0.05) is 23.2 Å². The Morgan fingerprint density at radius 1 is 1.00 bits per heavy atom. The lowest BCUT2D eigenvalue weighted by Gasteiger charge is -2.32. The van der Waals surface area contributed by atoms with Crippen molar-refractivity contribution < 1.29 is 23.8 Å². The van der Waals surface area contributed by atoms with E-state index in [2.05, 4.69) is 10.2 Å². The van der Waals surface area contributed by atoms with Crippen molar-refractivity contribution in [3.8, 4) is 22.9 Å². The smallest absolute Gasteiger partial charge is 0.328 e. The molecule has 8 heteroatoms. The van der Waals surface area contributed by atoms with Crippen molar-refractivity contribution in [2.45, 2.75) is 13.0 Å². The number of benzene rings is 2. The lowest BCUT2D eigenvalue weighted by atomic mass is 10.1. The third-order valence-electron chi connectivity index (χ3n) is 4.78. The second-order valence-corrected chi connectivity index (χ2v) is 6.78. The minimum atomic E-state index is -1.08. The second-order valence-electron chi connectivity index (χ2n) is 6.78. The molecule has 1 N–H and O–H groups in total. The number of ether oxygens (including phenoxy) is 1. The highest BCUT2D eigenvalue weighted by atomic mass is 16.5. The summed E-state index contributed by atoms with van der Waals surface area (Å²) in [4.78, 5) is 25.4. The summed E-state index contributed by atoms with van der Waals surface area (Å²) in [5.41, 5.74) is 3.02. The zero-order valence-electron chi connectivity index (χ0n) is 15.7. The topological polar surface area (TPSA) is 106 Å². The number of nitrogens with zero attached hydrogens (tertiary/aromatic N) is 3. The maximum atomic E-state index is 12.7. The van der Waals surface area contributed by atoms with Gasteiger partial charge in [-0.25, -0.2) is 4.79 Å². The zero-order valence-corrected chi connectivity index (χ0v) is 15.7. The monoisotopic (exact) mass is 393 g/mol. The van der Waals surface area contributed by atoms with Gasteiger partial charge in [-0.15, -0.1) is 10.2 Å². The Morgan fingerprint density at radius 2 is 1.59 bits per heavy atom. The van der Waals surface area contributed by atoms with E-state index in [4.69, 9.17) is 9.15 Å². The second kappa shape index (κ2) is 7.84. The van der Waals surface area contributed by atoms with Gasteiger partial charge in [-0.3, -0.25) is 4.79 Å². The van der Waals surface area contributed by atoms with Crippen molar-refractivity contribution in [3.63, 3.8) is 0 Å². The summed E-state index contributed by atoms with van der Waals surface area (Å²) in [5, 5.41) is 17.5. The summed E-state index contributed by atoms with van der Waals surface area (Å²) < 4.78 is 10.9. The maximum Gasteiger partial charge on any atom is 0.328 e. The molecule has 2 aromatic carbocycles. The van der Waals surface area contributed by atoms with E-state index in [-0.39, 0.29) is 19.1 Å². The van der Waals surface area contributed by atoms with E-state index in [0.29, 0.717) is 29.5 Å². The van der Waals surface area contributed by atoms with Crippen LogP contribution in [-0.2, 0) is 9.53 Å². The summed E-state index contributed by atoms with van der Waals surface area (Å²) in [5.74, 6) is -0.672. The summed E-state index contributed by atoms with van der Waals surface area (Å²) in [6.07, 6.45) is 0. The van der Waals surface area contributed by atoms with Gasteiger partial charge < -0.3 is 19.2 Å². The van der Waals surface area contributed by atoms with Gasteiger partial charge >= 0.3 is 5.97 Å². The van der Waals surface area contributed by atoms with E-state index in [0.717, 1.165) is 11.1 Å². The highest BCUT2D eigenvalue weighted by Gasteiger charge is 2.33. The van der Waals surface area contributed by atoms with E-state index in [1.165, 1.54) is 4.90 Å². The Morgan fingerprint density at radius 3 is 2.17 bits per heavy atom. The van der Waals surface area contributed by atoms with Crippen molar-refractivity contribution in [2.75, 3.05) is 19.8 Å². The van der Waals surface area contributed by atoms with Crippen LogP contribution in [0.5, 0.6) is 0 Å². The molecule has 0 radical (unpaired) electrons. The molecule has 8 nitrogen and oxygen atoms in total. The number of aliphatic carboxylic acids is 1. The number of hydrogen-bond acceptors (Lipinski definition) is 6. The molecule has 1 fully saturated rings. The lowest BCUT2D eigenvalue weighted by Crippen LogP contribution is -2.52. The van der Waals surface area contributed by atoms with Crippen LogP contribution in [0.3, 0.4) is 0 Å². The quantitative estimate of drug-likeness (QED) is 0.726. The first kappa shape index (κ1) is 18.8. The van der Waals surface area contributed by atoms with Gasteiger partial charge in [-0.1, -0.05) is 17.7 Å². The molecule has 4 rings (SSSR count). The molecule has 2 heterocycles. The molecule has 1 amide bonds. The molecule has 1 saturated heterocycles. The van der Waals surface area contributed by atoms with E-state index in [1.54, 1.807) is 24.3 Å². The predicted octanol–water partition coefficient (Wildman–Crippen LogP) is 2.64. The van der Waals surface area contributed by atoms with E-state index in [9.17, 15) is 14.7 Å². The van der Waals surface area contributed by atoms with Crippen LogP contribution in [0, 0.1) is 6.92 Å². The Bertz CT molecular complexity index is 1030. The minimum absolute atomic E-state index is 0.0110. The summed E-state index contributed by atoms with van der Waals surface area (Å²) in [6, 6.07) is 13.4. The van der Waals surface area contributed by atoms with Gasteiger partial charge in [0.15, 0.2) is 6.04 Å². The molecule has 0 aliphatic carbocycles. The van der Waals surface area contributed by atoms with Crippen LogP contribution in [0.1, 0.15) is 15.9 Å². The van der Waals surface area contributed by atoms with E-state index >= 15 is 0 Å². The van der Waals surface area contributed by atoms with Crippen molar-refractivity contribution in [1.82, 2.24) is 15.1 Å². The van der Waals surface area contributed by atoms with Gasteiger partial charge in [0.25, 0.3) is 5.91 Å². The fourth-order valence-electron chi connectivity index (χ4n) is 3.13. The number of hydrogen-bond donors (Lipinski definition) is 1. The fraction of sp³-hybridized carbons (Fsp3) is 0.238. The third kappa shape index (κ3) is 3.88. The van der Waals surface area contributed by atoms with Crippen molar-refractivity contribution in [1.29, 1.82) is 0 Å². The highest BCUT2D eigenvalue weighted by molar-refractivity contribution is 5.97. The fourth-order valence-corrected chi connectivity index (χ4v) is 3.13. The van der Waals surface area contributed by atoms with Gasteiger partial charge in [-0.2, -0.15) is 0 Å². The number of rotatable bonds is 4. The van der Waals surface area contributed by atoms with Gasteiger partial charge in [0.05, 0.1) is 13.2 Å². The van der Waals surface area contributed by atoms with Crippen LogP contribution in [0.15, 0.2) is 52.9 Å². The molecule has 148 valence electrons. The number of carbonyl (C=O) groups is 2. The third-order valence-corrected chi connectivity index (χ3v) is 4.78. The Kier molecular flexibility index (Phi) is 5.09. The summed E-state index contributed by atoms with van der Waals surface area (Å²) >= 11 is 0. The first-order chi connectivity index (χ1) is 14.0. The summed E-state index contributed by atoms with van der Waals surface area (Å²) in [7, 11) is 0. The molecule has 1 aliphatic rings. The van der Waals surface area contributed by atoms with Gasteiger partial charge in [-0.05, 0) is 43.3 Å². The number of morpholine rings is 1. The van der Waals surface area contributed by atoms with Gasteiger partial charge in [0.1, 0.15) is 0 Å². The van der Waals surface area contributed by atoms with Crippen LogP contribution >= 0.6 is 0 Å². The predicted molar refractivity (Wildman–Crippen MR) is 103 cm³/mol. The van der Waals surface area contributed by atoms with Gasteiger partial charge in [0.2, 0.25) is 11.8 Å². The van der Waals surface area contributed by atoms with Crippen molar-refractivity contribution in [2.24, 2.45) is 0 Å². The molecule has 29 heavy (non-hydrogen) atoms. The molecule has 0 saturated carbocycles. The standard InChI is InChI=1S/C21H19N3O5/c1-13-2-4-14(5-3-13)18-22-23-19(29-18)15-6-8-16(9-7-15)20(25)24-10-11-28-12-17(24)21(26)27/h2-9,17H,10-12H2,1H3,(H,26,27)/t17-/m0/s1. The number of carboxylic acid groups (broad SMARTS) is 1. The minimum Gasteiger partial charge on any atom is -0.480 e. The van der Waals surface area contributed by atoms with Crippen molar-refractivity contribution >= 4 is 11.9 Å². The Balaban J connectivity index is 1.53. The Hall–Kier alpha value is -3.52. The average molecular weight is 393 g/mol. The van der Waals surface area contributed by atoms with Crippen LogP contribution in [0.2, 0.25) is 0 Å². The molecular weight excluding hydrogens is 374 g/mol. The first-order valence-corrected chi connectivity index (χ1v) is 9.15. The van der Waals surface area contributed by atoms with Crippen LogP contribution < -0.4 is 0 Å². The number of carbonyl (C=O) groups excluding carboxylic acids is 1. The summed E-state index contributed by atoms with van der Waals surface area (Å²) in [6.45, 7) is 2.54. The number of amides is 1. The first-order valence-electron chi connectivity index (χ1n) is 9.15. The highest BCUT2D eigenvalue weighted by Crippen LogP contribution is 2.25. The molecule has 1 aromatic heterocycles. The molecule has 1 aliphatic heterocycles. The molecule has 0 unspecified atom stereocenters. The maximum absolute atomic E-state index is 12.7. The number of aromatic nitrogens is 2.